The Morgan fingerprint density at radius 3 is 0.818 bits per heavy atom. The van der Waals surface area contributed by atoms with E-state index < -0.39 is 0 Å². The van der Waals surface area contributed by atoms with Gasteiger partial charge in [-0.1, -0.05) is 36.9 Å². The molecule has 0 atom stereocenters. The molecule has 0 aliphatic carbocycles. The van der Waals surface area contributed by atoms with Crippen LogP contribution in [0.2, 0.25) is 0 Å². The van der Waals surface area contributed by atoms with Gasteiger partial charge in [-0.25, -0.2) is 0 Å². The Labute approximate surface area is 257 Å². The summed E-state index contributed by atoms with van der Waals surface area (Å²) in [6.07, 6.45) is 16.7. The fourth-order valence-corrected chi connectivity index (χ4v) is 5.49. The molecule has 0 aliphatic heterocycles. The van der Waals surface area contributed by atoms with E-state index in [2.05, 4.69) is 105 Å². The maximum Gasteiger partial charge on any atom is 0.0346 e. The first kappa shape index (κ1) is 26.9. The van der Waals surface area contributed by atoms with Gasteiger partial charge in [0.05, 0.1) is 0 Å². The average Bonchev–Trinajstić information content (AvgIpc) is 3.12. The fraction of sp³-hybridized carbons (Fsp3) is 0. The number of pyridine rings is 4. The predicted molar refractivity (Wildman–Crippen MR) is 180 cm³/mol. The van der Waals surface area contributed by atoms with Crippen LogP contribution in [-0.4, -0.2) is 19.9 Å². The van der Waals surface area contributed by atoms with Gasteiger partial charge in [0.1, 0.15) is 0 Å². The number of hydrogen-bond donors (Lipinski definition) is 0. The largest absolute Gasteiger partial charge is 0.264 e. The van der Waals surface area contributed by atoms with Crippen molar-refractivity contribution >= 4 is 6.08 Å². The summed E-state index contributed by atoms with van der Waals surface area (Å²) in [6.45, 7) is 4.13. The zero-order valence-corrected chi connectivity index (χ0v) is 24.0. The Bertz CT molecular complexity index is 1800. The molecule has 0 N–H and O–H groups in total. The highest BCUT2D eigenvalue weighted by Crippen LogP contribution is 2.37. The van der Waals surface area contributed by atoms with Crippen molar-refractivity contribution in [2.24, 2.45) is 0 Å². The molecular formula is C40H28N4. The van der Waals surface area contributed by atoms with Crippen LogP contribution in [0.4, 0.5) is 0 Å². The van der Waals surface area contributed by atoms with Gasteiger partial charge in [-0.05, 0) is 129 Å². The van der Waals surface area contributed by atoms with Crippen molar-refractivity contribution in [3.05, 3.63) is 165 Å². The lowest BCUT2D eigenvalue weighted by molar-refractivity contribution is 1.32. The lowest BCUT2D eigenvalue weighted by Gasteiger charge is -2.15. The average molecular weight is 565 g/mol. The Hall–Kier alpha value is -6.00. The minimum absolute atomic E-state index is 1.04. The summed E-state index contributed by atoms with van der Waals surface area (Å²) in [7, 11) is 0. The van der Waals surface area contributed by atoms with Crippen LogP contribution in [0.25, 0.3) is 72.8 Å². The molecule has 3 aromatic carbocycles. The molecule has 0 aliphatic rings. The van der Waals surface area contributed by atoms with Gasteiger partial charge in [0.15, 0.2) is 0 Å². The molecule has 4 nitrogen and oxygen atoms in total. The second-order valence-electron chi connectivity index (χ2n) is 10.6. The van der Waals surface area contributed by atoms with Gasteiger partial charge >= 0.3 is 0 Å². The van der Waals surface area contributed by atoms with E-state index >= 15 is 0 Å². The van der Waals surface area contributed by atoms with Gasteiger partial charge < -0.3 is 0 Å². The topological polar surface area (TPSA) is 51.6 Å². The SMILES string of the molecule is C=Cc1cc(-c2cc(-c3cccnc3)cc(-c3cccnc3)c2)cc(-c2cc(-c3cccnc3)cc(-c3cccnc3)c2)c1. The van der Waals surface area contributed by atoms with E-state index in [1.165, 1.54) is 0 Å². The van der Waals surface area contributed by atoms with E-state index in [4.69, 9.17) is 0 Å². The first-order chi connectivity index (χ1) is 21.7. The summed E-state index contributed by atoms with van der Waals surface area (Å²) in [6, 6.07) is 36.2. The molecule has 0 saturated heterocycles. The molecule has 4 heterocycles. The molecule has 44 heavy (non-hydrogen) atoms. The maximum atomic E-state index is 4.38. The van der Waals surface area contributed by atoms with Crippen LogP contribution in [0.3, 0.4) is 0 Å². The number of nitrogens with zero attached hydrogens (tertiary/aromatic N) is 4. The summed E-state index contributed by atoms with van der Waals surface area (Å²) < 4.78 is 0. The molecule has 0 spiro atoms. The van der Waals surface area contributed by atoms with Crippen molar-refractivity contribution < 1.29 is 0 Å². The van der Waals surface area contributed by atoms with Crippen LogP contribution in [-0.2, 0) is 0 Å². The molecule has 7 rings (SSSR count). The molecule has 7 aromatic rings. The lowest BCUT2D eigenvalue weighted by Crippen LogP contribution is -1.90. The smallest absolute Gasteiger partial charge is 0.0346 e. The molecule has 208 valence electrons. The highest BCUT2D eigenvalue weighted by molar-refractivity contribution is 5.86. The van der Waals surface area contributed by atoms with E-state index in [1.54, 1.807) is 24.8 Å². The van der Waals surface area contributed by atoms with Crippen LogP contribution < -0.4 is 0 Å². The zero-order valence-electron chi connectivity index (χ0n) is 24.0. The van der Waals surface area contributed by atoms with Crippen molar-refractivity contribution in [3.63, 3.8) is 0 Å². The monoisotopic (exact) mass is 564 g/mol. The number of aromatic nitrogens is 4. The van der Waals surface area contributed by atoms with Gasteiger partial charge in [-0.2, -0.15) is 0 Å². The molecule has 4 heteroatoms. The first-order valence-corrected chi connectivity index (χ1v) is 14.4. The standard InChI is InChI=1S/C40H28N4/c1-2-28-15-33(39-20-35(29-7-3-11-41-24-29)18-36(21-39)30-8-4-12-42-25-30)17-34(16-28)40-22-37(31-9-5-13-43-26-31)19-38(23-40)32-10-6-14-44-27-32/h2-27H,1H2. The van der Waals surface area contributed by atoms with Crippen LogP contribution in [0.5, 0.6) is 0 Å². The second kappa shape index (κ2) is 12.1. The summed E-state index contributed by atoms with van der Waals surface area (Å²) in [5.41, 5.74) is 14.1. The highest BCUT2D eigenvalue weighted by Gasteiger charge is 2.12. The van der Waals surface area contributed by atoms with Crippen molar-refractivity contribution in [2.75, 3.05) is 0 Å². The predicted octanol–water partition coefficient (Wildman–Crippen LogP) is 9.91. The summed E-state index contributed by atoms with van der Waals surface area (Å²) >= 11 is 0. The quantitative estimate of drug-likeness (QED) is 0.193. The summed E-state index contributed by atoms with van der Waals surface area (Å²) in [5.74, 6) is 0. The minimum Gasteiger partial charge on any atom is -0.264 e. The van der Waals surface area contributed by atoms with Gasteiger partial charge in [-0.15, -0.1) is 0 Å². The highest BCUT2D eigenvalue weighted by atomic mass is 14.6. The summed E-state index contributed by atoms with van der Waals surface area (Å²) in [4.78, 5) is 17.5. The molecule has 0 fully saturated rings. The minimum atomic E-state index is 1.04. The molecule has 0 saturated carbocycles. The van der Waals surface area contributed by atoms with Crippen molar-refractivity contribution in [1.29, 1.82) is 0 Å². The van der Waals surface area contributed by atoms with Gasteiger partial charge in [0.25, 0.3) is 0 Å². The molecule has 0 radical (unpaired) electrons. The Kier molecular flexibility index (Phi) is 7.38. The molecule has 0 unspecified atom stereocenters. The third kappa shape index (κ3) is 5.69. The second-order valence-corrected chi connectivity index (χ2v) is 10.6. The van der Waals surface area contributed by atoms with E-state index in [0.717, 1.165) is 72.3 Å². The van der Waals surface area contributed by atoms with Crippen LogP contribution in [0.15, 0.2) is 159 Å². The van der Waals surface area contributed by atoms with Gasteiger partial charge in [0, 0.05) is 71.8 Å². The third-order valence-corrected chi connectivity index (χ3v) is 7.70. The van der Waals surface area contributed by atoms with E-state index in [1.807, 2.05) is 55.1 Å². The molecular weight excluding hydrogens is 536 g/mol. The molecule has 0 amide bonds. The number of hydrogen-bond acceptors (Lipinski definition) is 4. The van der Waals surface area contributed by atoms with Crippen molar-refractivity contribution in [3.8, 4) is 66.8 Å². The Morgan fingerprint density at radius 2 is 0.591 bits per heavy atom. The number of benzene rings is 3. The maximum absolute atomic E-state index is 4.38. The van der Waals surface area contributed by atoms with Gasteiger partial charge in [-0.3, -0.25) is 19.9 Å². The van der Waals surface area contributed by atoms with E-state index in [9.17, 15) is 0 Å². The van der Waals surface area contributed by atoms with Crippen molar-refractivity contribution in [1.82, 2.24) is 19.9 Å². The molecule has 4 aromatic heterocycles. The first-order valence-electron chi connectivity index (χ1n) is 14.4. The third-order valence-electron chi connectivity index (χ3n) is 7.70. The van der Waals surface area contributed by atoms with Gasteiger partial charge in [0.2, 0.25) is 0 Å². The van der Waals surface area contributed by atoms with E-state index in [-0.39, 0.29) is 0 Å². The van der Waals surface area contributed by atoms with Crippen LogP contribution >= 0.6 is 0 Å². The Balaban J connectivity index is 1.42. The Morgan fingerprint density at radius 1 is 0.341 bits per heavy atom. The number of rotatable bonds is 7. The normalized spacial score (nSPS) is 10.8. The molecule has 0 bridgehead atoms. The van der Waals surface area contributed by atoms with Crippen LogP contribution in [0, 0.1) is 0 Å². The lowest BCUT2D eigenvalue weighted by atomic mass is 9.90. The zero-order chi connectivity index (χ0) is 29.7. The van der Waals surface area contributed by atoms with Crippen molar-refractivity contribution in [2.45, 2.75) is 0 Å². The summed E-state index contributed by atoms with van der Waals surface area (Å²) in [5, 5.41) is 0. The van der Waals surface area contributed by atoms with Crippen LogP contribution in [0.1, 0.15) is 5.56 Å². The van der Waals surface area contributed by atoms with E-state index in [0.29, 0.717) is 0 Å². The fourth-order valence-electron chi connectivity index (χ4n) is 5.49.